The Balaban J connectivity index is 1.63. The van der Waals surface area contributed by atoms with E-state index in [0.29, 0.717) is 37.1 Å². The number of nitrogens with zero attached hydrogens (tertiary/aromatic N) is 3. The van der Waals surface area contributed by atoms with Gasteiger partial charge in [-0.25, -0.2) is 4.79 Å². The van der Waals surface area contributed by atoms with E-state index < -0.39 is 18.0 Å². The SMILES string of the molecule is COc1ccccc1N1CCN([C@H](C(=O)O)c2cn(C)c3ccc(C(=O)O)cc23)CC1. The van der Waals surface area contributed by atoms with Crippen molar-refractivity contribution < 1.29 is 24.5 Å². The fraction of sp³-hybridized carbons (Fsp3) is 0.304. The summed E-state index contributed by atoms with van der Waals surface area (Å²) in [5.74, 6) is -1.19. The van der Waals surface area contributed by atoms with E-state index in [0.717, 1.165) is 17.0 Å². The molecule has 2 heterocycles. The topological polar surface area (TPSA) is 95.2 Å². The number of anilines is 1. The summed E-state index contributed by atoms with van der Waals surface area (Å²) < 4.78 is 7.31. The van der Waals surface area contributed by atoms with E-state index in [2.05, 4.69) is 4.90 Å². The molecule has 4 rings (SSSR count). The van der Waals surface area contributed by atoms with Crippen LogP contribution in [-0.2, 0) is 11.8 Å². The smallest absolute Gasteiger partial charge is 0.335 e. The Morgan fingerprint density at radius 2 is 1.74 bits per heavy atom. The molecule has 1 aliphatic heterocycles. The Morgan fingerprint density at radius 3 is 2.39 bits per heavy atom. The summed E-state index contributed by atoms with van der Waals surface area (Å²) in [6.07, 6.45) is 1.79. The van der Waals surface area contributed by atoms with Crippen LogP contribution in [0.4, 0.5) is 5.69 Å². The monoisotopic (exact) mass is 423 g/mol. The lowest BCUT2D eigenvalue weighted by molar-refractivity contribution is -0.143. The van der Waals surface area contributed by atoms with Crippen molar-refractivity contribution in [3.05, 3.63) is 59.8 Å². The van der Waals surface area contributed by atoms with Gasteiger partial charge in [0.25, 0.3) is 0 Å². The number of aliphatic carboxylic acids is 1. The van der Waals surface area contributed by atoms with E-state index in [9.17, 15) is 19.8 Å². The average Bonchev–Trinajstić information content (AvgIpc) is 3.09. The summed E-state index contributed by atoms with van der Waals surface area (Å²) in [5, 5.41) is 20.1. The van der Waals surface area contributed by atoms with Gasteiger partial charge in [-0.05, 0) is 30.3 Å². The molecular weight excluding hydrogens is 398 g/mol. The lowest BCUT2D eigenvalue weighted by Gasteiger charge is -2.39. The molecule has 1 fully saturated rings. The molecule has 0 radical (unpaired) electrons. The third kappa shape index (κ3) is 3.82. The van der Waals surface area contributed by atoms with Crippen LogP contribution in [0.5, 0.6) is 5.75 Å². The molecule has 0 aliphatic carbocycles. The van der Waals surface area contributed by atoms with Gasteiger partial charge >= 0.3 is 11.9 Å². The number of para-hydroxylation sites is 2. The third-order valence-electron chi connectivity index (χ3n) is 5.90. The van der Waals surface area contributed by atoms with Gasteiger partial charge in [0.1, 0.15) is 11.8 Å². The Hall–Kier alpha value is -3.52. The van der Waals surface area contributed by atoms with Gasteiger partial charge in [0.2, 0.25) is 0 Å². The zero-order valence-electron chi connectivity index (χ0n) is 17.5. The first-order valence-electron chi connectivity index (χ1n) is 10.1. The number of hydrogen-bond acceptors (Lipinski definition) is 5. The van der Waals surface area contributed by atoms with E-state index >= 15 is 0 Å². The molecule has 1 aliphatic rings. The molecule has 2 aromatic carbocycles. The standard InChI is InChI=1S/C23H25N3O5/c1-24-14-17(16-13-15(22(27)28)7-8-18(16)24)21(23(29)30)26-11-9-25(10-12-26)19-5-3-4-6-20(19)31-2/h3-8,13-14,21H,9-12H2,1-2H3,(H,27,28)(H,29,30)/t21-/m0/s1. The van der Waals surface area contributed by atoms with Crippen LogP contribution >= 0.6 is 0 Å². The van der Waals surface area contributed by atoms with E-state index in [-0.39, 0.29) is 5.56 Å². The number of rotatable bonds is 6. The van der Waals surface area contributed by atoms with Crippen LogP contribution in [0.1, 0.15) is 22.0 Å². The van der Waals surface area contributed by atoms with Crippen molar-refractivity contribution >= 4 is 28.5 Å². The van der Waals surface area contributed by atoms with Crippen molar-refractivity contribution in [1.82, 2.24) is 9.47 Å². The molecule has 1 saturated heterocycles. The molecule has 8 nitrogen and oxygen atoms in total. The molecule has 3 aromatic rings. The first-order valence-corrected chi connectivity index (χ1v) is 10.1. The second-order valence-electron chi connectivity index (χ2n) is 7.67. The fourth-order valence-corrected chi connectivity index (χ4v) is 4.37. The van der Waals surface area contributed by atoms with Gasteiger partial charge in [-0.1, -0.05) is 12.1 Å². The van der Waals surface area contributed by atoms with Crippen LogP contribution in [0.3, 0.4) is 0 Å². The average molecular weight is 423 g/mol. The molecule has 162 valence electrons. The highest BCUT2D eigenvalue weighted by Gasteiger charge is 2.33. The molecule has 0 amide bonds. The molecule has 8 heteroatoms. The van der Waals surface area contributed by atoms with Crippen LogP contribution in [0.25, 0.3) is 10.9 Å². The van der Waals surface area contributed by atoms with Crippen LogP contribution in [-0.4, -0.2) is 64.9 Å². The van der Waals surface area contributed by atoms with Gasteiger partial charge in [0, 0.05) is 55.9 Å². The number of hydrogen-bond donors (Lipinski definition) is 2. The van der Waals surface area contributed by atoms with Gasteiger partial charge in [-0.15, -0.1) is 0 Å². The molecule has 0 unspecified atom stereocenters. The van der Waals surface area contributed by atoms with Crippen LogP contribution in [0, 0.1) is 0 Å². The maximum absolute atomic E-state index is 12.3. The van der Waals surface area contributed by atoms with Crippen LogP contribution in [0.2, 0.25) is 0 Å². The van der Waals surface area contributed by atoms with Crippen LogP contribution in [0.15, 0.2) is 48.7 Å². The molecule has 0 bridgehead atoms. The summed E-state index contributed by atoms with van der Waals surface area (Å²) in [7, 11) is 3.48. The lowest BCUT2D eigenvalue weighted by Crippen LogP contribution is -2.49. The highest BCUT2D eigenvalue weighted by Crippen LogP contribution is 2.33. The fourth-order valence-electron chi connectivity index (χ4n) is 4.37. The number of fused-ring (bicyclic) bond motifs is 1. The molecule has 1 atom stereocenters. The van der Waals surface area contributed by atoms with Crippen molar-refractivity contribution in [2.75, 3.05) is 38.2 Å². The number of aromatic carboxylic acids is 1. The van der Waals surface area contributed by atoms with Gasteiger partial charge < -0.3 is 24.4 Å². The Kier molecular flexibility index (Phi) is 5.56. The predicted octanol–water partition coefficient (Wildman–Crippen LogP) is 2.83. The molecule has 0 saturated carbocycles. The number of piperazine rings is 1. The number of aromatic nitrogens is 1. The second-order valence-corrected chi connectivity index (χ2v) is 7.67. The van der Waals surface area contributed by atoms with Crippen molar-refractivity contribution in [2.24, 2.45) is 7.05 Å². The van der Waals surface area contributed by atoms with Crippen molar-refractivity contribution in [3.8, 4) is 5.75 Å². The maximum atomic E-state index is 12.3. The Morgan fingerprint density at radius 1 is 1.03 bits per heavy atom. The van der Waals surface area contributed by atoms with E-state index in [4.69, 9.17) is 4.74 Å². The quantitative estimate of drug-likeness (QED) is 0.629. The number of carbonyl (C=O) groups is 2. The van der Waals surface area contributed by atoms with Gasteiger partial charge in [-0.2, -0.15) is 0 Å². The van der Waals surface area contributed by atoms with Crippen molar-refractivity contribution in [3.63, 3.8) is 0 Å². The molecular formula is C23H25N3O5. The zero-order valence-corrected chi connectivity index (χ0v) is 17.5. The largest absolute Gasteiger partial charge is 0.495 e. The summed E-state index contributed by atoms with van der Waals surface area (Å²) in [4.78, 5) is 27.9. The number of aryl methyl sites for hydroxylation is 1. The number of carboxylic acid groups (broad SMARTS) is 2. The Bertz CT molecular complexity index is 1130. The lowest BCUT2D eigenvalue weighted by atomic mass is 10.0. The van der Waals surface area contributed by atoms with Crippen molar-refractivity contribution in [1.29, 1.82) is 0 Å². The first-order chi connectivity index (χ1) is 14.9. The van der Waals surface area contributed by atoms with Crippen LogP contribution < -0.4 is 9.64 Å². The molecule has 31 heavy (non-hydrogen) atoms. The second kappa shape index (κ2) is 8.31. The summed E-state index contributed by atoms with van der Waals surface area (Å²) in [6.45, 7) is 2.44. The van der Waals surface area contributed by atoms with E-state index in [1.807, 2.05) is 40.8 Å². The van der Waals surface area contributed by atoms with E-state index in [1.54, 1.807) is 25.4 Å². The Labute approximate surface area is 179 Å². The maximum Gasteiger partial charge on any atom is 0.335 e. The molecule has 0 spiro atoms. The molecule has 2 N–H and O–H groups in total. The summed E-state index contributed by atoms with van der Waals surface area (Å²) in [6, 6.07) is 11.8. The minimum atomic E-state index is -1.03. The predicted molar refractivity (Wildman–Crippen MR) is 117 cm³/mol. The van der Waals surface area contributed by atoms with Gasteiger partial charge in [0.05, 0.1) is 18.4 Å². The van der Waals surface area contributed by atoms with Gasteiger partial charge in [0.15, 0.2) is 0 Å². The highest BCUT2D eigenvalue weighted by molar-refractivity contribution is 5.96. The third-order valence-corrected chi connectivity index (χ3v) is 5.90. The normalized spacial score (nSPS) is 15.7. The minimum absolute atomic E-state index is 0.144. The summed E-state index contributed by atoms with van der Waals surface area (Å²) >= 11 is 0. The number of carboxylic acids is 2. The minimum Gasteiger partial charge on any atom is -0.495 e. The van der Waals surface area contributed by atoms with E-state index in [1.165, 1.54) is 6.07 Å². The zero-order chi connectivity index (χ0) is 22.1. The first kappa shape index (κ1) is 20.7. The molecule has 1 aromatic heterocycles. The number of benzene rings is 2. The summed E-state index contributed by atoms with van der Waals surface area (Å²) in [5.41, 5.74) is 2.55. The number of methoxy groups -OCH3 is 1. The number of ether oxygens (including phenoxy) is 1. The van der Waals surface area contributed by atoms with Crippen molar-refractivity contribution in [2.45, 2.75) is 6.04 Å². The van der Waals surface area contributed by atoms with Gasteiger partial charge in [-0.3, -0.25) is 9.69 Å². The highest BCUT2D eigenvalue weighted by atomic mass is 16.5.